The van der Waals surface area contributed by atoms with Crippen LogP contribution < -0.4 is 21.0 Å². The molecule has 2 amide bonds. The third-order valence-electron chi connectivity index (χ3n) is 6.33. The van der Waals surface area contributed by atoms with E-state index in [0.29, 0.717) is 0 Å². The minimum Gasteiger partial charge on any atom is -0.402 e. The lowest BCUT2D eigenvalue weighted by Crippen LogP contribution is -2.71. The van der Waals surface area contributed by atoms with Crippen molar-refractivity contribution in [3.8, 4) is 0 Å². The van der Waals surface area contributed by atoms with Gasteiger partial charge in [-0.15, -0.1) is 6.58 Å². The van der Waals surface area contributed by atoms with Crippen LogP contribution in [0, 0.1) is 0 Å². The van der Waals surface area contributed by atoms with Crippen molar-refractivity contribution in [2.45, 2.75) is 63.8 Å². The average molecular weight is 423 g/mol. The Morgan fingerprint density at radius 2 is 1.60 bits per heavy atom. The van der Waals surface area contributed by atoms with E-state index in [1.54, 1.807) is 6.08 Å². The summed E-state index contributed by atoms with van der Waals surface area (Å²) >= 11 is 0. The van der Waals surface area contributed by atoms with Gasteiger partial charge in [-0.1, -0.05) is 94.4 Å². The largest absolute Gasteiger partial charge is 0.402 e. The fourth-order valence-electron chi connectivity index (χ4n) is 4.77. The summed E-state index contributed by atoms with van der Waals surface area (Å²) in [6.07, 6.45) is 2.38. The Balaban J connectivity index is 2.20. The van der Waals surface area contributed by atoms with Crippen LogP contribution in [-0.2, 0) is 4.43 Å². The Bertz CT molecular complexity index is 840. The number of urea groups is 1. The molecule has 0 radical (unpaired) electrons. The predicted molar refractivity (Wildman–Crippen MR) is 127 cm³/mol. The van der Waals surface area contributed by atoms with E-state index in [2.05, 4.69) is 100 Å². The smallest absolute Gasteiger partial charge is 0.315 e. The van der Waals surface area contributed by atoms with Crippen LogP contribution in [0.15, 0.2) is 73.3 Å². The number of nitrogens with one attached hydrogen (secondary N) is 2. The van der Waals surface area contributed by atoms with Gasteiger partial charge in [0.2, 0.25) is 0 Å². The van der Waals surface area contributed by atoms with Gasteiger partial charge >= 0.3 is 6.03 Å². The minimum absolute atomic E-state index is 0.126. The van der Waals surface area contributed by atoms with Crippen molar-refractivity contribution in [1.29, 1.82) is 0 Å². The normalized spacial score (nSPS) is 22.8. The van der Waals surface area contributed by atoms with E-state index >= 15 is 0 Å². The quantitative estimate of drug-likeness (QED) is 0.524. The molecule has 0 aliphatic carbocycles. The maximum atomic E-state index is 12.2. The number of rotatable bonds is 7. The molecule has 2 aromatic rings. The van der Waals surface area contributed by atoms with Gasteiger partial charge in [-0.25, -0.2) is 4.79 Å². The van der Waals surface area contributed by atoms with Crippen LogP contribution in [0.5, 0.6) is 0 Å². The summed E-state index contributed by atoms with van der Waals surface area (Å²) in [6, 6.07) is 20.8. The van der Waals surface area contributed by atoms with Crippen LogP contribution in [-0.4, -0.2) is 32.0 Å². The van der Waals surface area contributed by atoms with E-state index in [-0.39, 0.29) is 23.2 Å². The van der Waals surface area contributed by atoms with E-state index in [9.17, 15) is 4.79 Å². The topological polar surface area (TPSA) is 50.4 Å². The molecule has 0 spiro atoms. The first-order chi connectivity index (χ1) is 14.2. The van der Waals surface area contributed by atoms with Crippen LogP contribution in [0.1, 0.15) is 41.0 Å². The number of carbonyl (C=O) groups is 1. The van der Waals surface area contributed by atoms with Crippen LogP contribution in [0.25, 0.3) is 0 Å². The molecule has 1 heterocycles. The molecule has 0 aromatic heterocycles. The molecule has 30 heavy (non-hydrogen) atoms. The van der Waals surface area contributed by atoms with Crippen LogP contribution in [0.3, 0.4) is 0 Å². The average Bonchev–Trinajstić information content (AvgIpc) is 3.03. The van der Waals surface area contributed by atoms with Crippen molar-refractivity contribution >= 4 is 24.7 Å². The maximum Gasteiger partial charge on any atom is 0.315 e. The Hall–Kier alpha value is -2.37. The first kappa shape index (κ1) is 22.3. The summed E-state index contributed by atoms with van der Waals surface area (Å²) in [5.41, 5.74) is -0.583. The first-order valence-corrected chi connectivity index (χ1v) is 12.6. The minimum atomic E-state index is -2.73. The van der Waals surface area contributed by atoms with E-state index in [1.165, 1.54) is 10.4 Å². The summed E-state index contributed by atoms with van der Waals surface area (Å²) in [6.45, 7) is 14.9. The van der Waals surface area contributed by atoms with Crippen molar-refractivity contribution in [1.82, 2.24) is 10.6 Å². The van der Waals surface area contributed by atoms with Crippen molar-refractivity contribution in [3.05, 3.63) is 73.3 Å². The summed E-state index contributed by atoms with van der Waals surface area (Å²) in [7, 11) is -2.73. The van der Waals surface area contributed by atoms with Crippen molar-refractivity contribution in [3.63, 3.8) is 0 Å². The zero-order valence-electron chi connectivity index (χ0n) is 18.7. The SMILES string of the molecule is C=C[C@H]1NC(=O)N[C@]1(C)[C@@H](CC)O[Si](c1ccccc1)(c1ccccc1)C(C)(C)C. The van der Waals surface area contributed by atoms with Gasteiger partial charge in [0, 0.05) is 0 Å². The summed E-state index contributed by atoms with van der Waals surface area (Å²) in [5, 5.41) is 8.46. The molecule has 2 N–H and O–H groups in total. The Kier molecular flexibility index (Phi) is 6.25. The van der Waals surface area contributed by atoms with E-state index < -0.39 is 13.9 Å². The van der Waals surface area contributed by atoms with Crippen molar-refractivity contribution < 1.29 is 9.22 Å². The summed E-state index contributed by atoms with van der Waals surface area (Å²) in [5.74, 6) is 0. The van der Waals surface area contributed by atoms with E-state index in [0.717, 1.165) is 6.42 Å². The molecule has 160 valence electrons. The number of amides is 2. The van der Waals surface area contributed by atoms with Gasteiger partial charge in [0.1, 0.15) is 0 Å². The molecule has 0 bridgehead atoms. The second-order valence-corrected chi connectivity index (χ2v) is 13.5. The maximum absolute atomic E-state index is 12.2. The summed E-state index contributed by atoms with van der Waals surface area (Å²) < 4.78 is 7.33. The third-order valence-corrected chi connectivity index (χ3v) is 11.4. The molecule has 5 heteroatoms. The van der Waals surface area contributed by atoms with Gasteiger partial charge in [0.25, 0.3) is 8.32 Å². The lowest BCUT2D eigenvalue weighted by Gasteiger charge is -2.48. The lowest BCUT2D eigenvalue weighted by atomic mass is 9.86. The second-order valence-electron chi connectivity index (χ2n) is 9.27. The number of hydrogen-bond donors (Lipinski definition) is 2. The van der Waals surface area contributed by atoms with Gasteiger partial charge in [-0.05, 0) is 28.8 Å². The molecule has 0 saturated carbocycles. The number of benzene rings is 2. The molecule has 4 nitrogen and oxygen atoms in total. The Morgan fingerprint density at radius 1 is 1.10 bits per heavy atom. The fraction of sp³-hybridized carbons (Fsp3) is 0.400. The molecule has 1 aliphatic heterocycles. The molecular weight excluding hydrogens is 388 g/mol. The lowest BCUT2D eigenvalue weighted by molar-refractivity contribution is 0.0889. The predicted octanol–water partition coefficient (Wildman–Crippen LogP) is 3.97. The summed E-state index contributed by atoms with van der Waals surface area (Å²) in [4.78, 5) is 12.2. The highest BCUT2D eigenvalue weighted by Gasteiger charge is 2.55. The van der Waals surface area contributed by atoms with E-state index in [1.807, 2.05) is 12.1 Å². The van der Waals surface area contributed by atoms with Gasteiger partial charge < -0.3 is 15.1 Å². The highest BCUT2D eigenvalue weighted by molar-refractivity contribution is 6.99. The molecule has 0 unspecified atom stereocenters. The fourth-order valence-corrected chi connectivity index (χ4v) is 9.62. The zero-order chi connectivity index (χ0) is 22.0. The highest BCUT2D eigenvalue weighted by atomic mass is 28.4. The molecule has 1 fully saturated rings. The molecule has 1 saturated heterocycles. The van der Waals surface area contributed by atoms with Gasteiger partial charge in [0.15, 0.2) is 0 Å². The zero-order valence-corrected chi connectivity index (χ0v) is 19.7. The van der Waals surface area contributed by atoms with Gasteiger partial charge in [0.05, 0.1) is 17.7 Å². The molecule has 1 aliphatic rings. The van der Waals surface area contributed by atoms with E-state index in [4.69, 9.17) is 4.43 Å². The molecule has 3 atom stereocenters. The van der Waals surface area contributed by atoms with Gasteiger partial charge in [-0.3, -0.25) is 0 Å². The monoisotopic (exact) mass is 422 g/mol. The van der Waals surface area contributed by atoms with Crippen LogP contribution in [0.4, 0.5) is 4.79 Å². The molecular formula is C25H34N2O2Si. The van der Waals surface area contributed by atoms with Gasteiger partial charge in [-0.2, -0.15) is 0 Å². The Labute approximate surface area is 181 Å². The van der Waals surface area contributed by atoms with Crippen LogP contribution in [0.2, 0.25) is 5.04 Å². The molecule has 3 rings (SSSR count). The van der Waals surface area contributed by atoms with Crippen LogP contribution >= 0.6 is 0 Å². The second kappa shape index (κ2) is 8.40. The van der Waals surface area contributed by atoms with Crippen molar-refractivity contribution in [2.75, 3.05) is 0 Å². The Morgan fingerprint density at radius 3 is 2.00 bits per heavy atom. The number of hydrogen-bond acceptors (Lipinski definition) is 2. The first-order valence-electron chi connectivity index (χ1n) is 10.7. The standard InChI is InChI=1S/C25H34N2O2Si/c1-7-21-25(6,27-23(28)26-21)22(8-2)29-30(24(3,4)5,19-15-11-9-12-16-19)20-17-13-10-14-18-20/h7,9-18,21-22H,1,8H2,2-6H3,(H2,26,27,28)/t21-,22-,25+/m1/s1. The third kappa shape index (κ3) is 3.72. The number of carbonyl (C=O) groups excluding carboxylic acids is 1. The molecule has 2 aromatic carbocycles. The highest BCUT2D eigenvalue weighted by Crippen LogP contribution is 2.40. The van der Waals surface area contributed by atoms with Crippen molar-refractivity contribution in [2.24, 2.45) is 0 Å².